The van der Waals surface area contributed by atoms with Gasteiger partial charge in [0.15, 0.2) is 5.16 Å². The Hall–Kier alpha value is -3.10. The molecule has 0 spiro atoms. The third kappa shape index (κ3) is 3.71. The molecule has 7 nitrogen and oxygen atoms in total. The number of allylic oxidation sites excluding steroid dienone is 1. The number of para-hydroxylation sites is 1. The fourth-order valence-corrected chi connectivity index (χ4v) is 4.04. The Morgan fingerprint density at radius 3 is 2.83 bits per heavy atom. The summed E-state index contributed by atoms with van der Waals surface area (Å²) in [6.07, 6.45) is 1.64. The van der Waals surface area contributed by atoms with Gasteiger partial charge in [-0.25, -0.2) is 0 Å². The molecular formula is C21H18ClN5O2S. The third-order valence-electron chi connectivity index (χ3n) is 4.58. The van der Waals surface area contributed by atoms with E-state index in [-0.39, 0.29) is 17.2 Å². The van der Waals surface area contributed by atoms with Crippen LogP contribution in [0.3, 0.4) is 0 Å². The first-order chi connectivity index (χ1) is 14.5. The Kier molecular flexibility index (Phi) is 5.61. The number of carbonyl (C=O) groups is 1. The number of hydrogen-bond donors (Lipinski definition) is 1. The summed E-state index contributed by atoms with van der Waals surface area (Å²) in [6.45, 7) is 5.93. The first-order valence-electron chi connectivity index (χ1n) is 9.16. The van der Waals surface area contributed by atoms with Gasteiger partial charge in [0, 0.05) is 17.3 Å². The van der Waals surface area contributed by atoms with E-state index in [1.807, 2.05) is 31.2 Å². The summed E-state index contributed by atoms with van der Waals surface area (Å²) in [4.78, 5) is 25.2. The molecule has 0 aliphatic rings. The zero-order chi connectivity index (χ0) is 21.3. The predicted octanol–water partition coefficient (Wildman–Crippen LogP) is 3.92. The molecule has 1 amide bonds. The van der Waals surface area contributed by atoms with Crippen molar-refractivity contribution in [3.05, 3.63) is 76.1 Å². The van der Waals surface area contributed by atoms with Crippen LogP contribution in [0.25, 0.3) is 16.7 Å². The predicted molar refractivity (Wildman–Crippen MR) is 120 cm³/mol. The zero-order valence-corrected chi connectivity index (χ0v) is 17.7. The van der Waals surface area contributed by atoms with Crippen molar-refractivity contribution in [3.63, 3.8) is 0 Å². The average molecular weight is 440 g/mol. The van der Waals surface area contributed by atoms with Gasteiger partial charge in [-0.15, -0.1) is 16.8 Å². The summed E-state index contributed by atoms with van der Waals surface area (Å²) >= 11 is 7.36. The highest BCUT2D eigenvalue weighted by molar-refractivity contribution is 7.99. The number of anilines is 1. The monoisotopic (exact) mass is 439 g/mol. The molecule has 0 aliphatic heterocycles. The molecule has 2 aromatic carbocycles. The van der Waals surface area contributed by atoms with Crippen molar-refractivity contribution in [2.24, 2.45) is 0 Å². The molecule has 0 fully saturated rings. The number of aryl methyl sites for hydroxylation is 1. The molecule has 2 aromatic heterocycles. The zero-order valence-electron chi connectivity index (χ0n) is 16.1. The van der Waals surface area contributed by atoms with E-state index in [0.717, 1.165) is 5.56 Å². The number of fused-ring (bicyclic) bond motifs is 3. The number of amides is 1. The van der Waals surface area contributed by atoms with Crippen LogP contribution in [0.5, 0.6) is 0 Å². The van der Waals surface area contributed by atoms with Crippen LogP contribution in [0, 0.1) is 6.92 Å². The number of halogens is 1. The van der Waals surface area contributed by atoms with Gasteiger partial charge in [0.2, 0.25) is 11.7 Å². The molecule has 0 aliphatic carbocycles. The van der Waals surface area contributed by atoms with Crippen LogP contribution in [0.2, 0.25) is 5.02 Å². The molecule has 9 heteroatoms. The fraction of sp³-hybridized carbons (Fsp3) is 0.143. The highest BCUT2D eigenvalue weighted by Crippen LogP contribution is 2.23. The quantitative estimate of drug-likeness (QED) is 0.363. The number of benzene rings is 2. The molecule has 4 rings (SSSR count). The molecule has 4 aromatic rings. The molecule has 2 heterocycles. The molecule has 0 saturated carbocycles. The van der Waals surface area contributed by atoms with Gasteiger partial charge in [0.05, 0.1) is 16.7 Å². The van der Waals surface area contributed by atoms with Crippen LogP contribution in [0.15, 0.2) is 65.1 Å². The summed E-state index contributed by atoms with van der Waals surface area (Å²) in [5.41, 5.74) is 2.11. The van der Waals surface area contributed by atoms with Gasteiger partial charge >= 0.3 is 0 Å². The van der Waals surface area contributed by atoms with E-state index in [0.29, 0.717) is 39.1 Å². The summed E-state index contributed by atoms with van der Waals surface area (Å²) < 4.78 is 3.31. The average Bonchev–Trinajstić information content (AvgIpc) is 3.16. The van der Waals surface area contributed by atoms with Gasteiger partial charge in [-0.2, -0.15) is 0 Å². The maximum atomic E-state index is 12.8. The smallest absolute Gasteiger partial charge is 0.263 e. The number of thioether (sulfide) groups is 1. The Morgan fingerprint density at radius 2 is 2.07 bits per heavy atom. The first-order valence-corrected chi connectivity index (χ1v) is 10.5. The van der Waals surface area contributed by atoms with Gasteiger partial charge in [-0.1, -0.05) is 47.6 Å². The Morgan fingerprint density at radius 1 is 1.27 bits per heavy atom. The molecule has 152 valence electrons. The topological polar surface area (TPSA) is 81.3 Å². The number of hydrogen-bond acceptors (Lipinski definition) is 5. The van der Waals surface area contributed by atoms with E-state index in [1.54, 1.807) is 28.7 Å². The highest BCUT2D eigenvalue weighted by Gasteiger charge is 2.17. The second-order valence-corrected chi connectivity index (χ2v) is 7.99. The van der Waals surface area contributed by atoms with E-state index in [4.69, 9.17) is 11.6 Å². The SMILES string of the molecule is C=CCn1c(=O)c2ccccc2n2c(SCC(=O)Nc3ccc(C)c(Cl)c3)nnc12. The number of aromatic nitrogens is 4. The summed E-state index contributed by atoms with van der Waals surface area (Å²) in [5.74, 6) is 0.341. The van der Waals surface area contributed by atoms with Crippen LogP contribution in [0.1, 0.15) is 5.56 Å². The minimum Gasteiger partial charge on any atom is -0.325 e. The van der Waals surface area contributed by atoms with Crippen LogP contribution >= 0.6 is 23.4 Å². The Labute approximate surface area is 181 Å². The van der Waals surface area contributed by atoms with Crippen molar-refractivity contribution in [1.29, 1.82) is 0 Å². The van der Waals surface area contributed by atoms with Crippen molar-refractivity contribution < 1.29 is 4.79 Å². The van der Waals surface area contributed by atoms with Gasteiger partial charge in [-0.3, -0.25) is 18.6 Å². The lowest BCUT2D eigenvalue weighted by atomic mass is 10.2. The van der Waals surface area contributed by atoms with Crippen LogP contribution in [0.4, 0.5) is 5.69 Å². The number of rotatable bonds is 6. The number of nitrogens with zero attached hydrogens (tertiary/aromatic N) is 4. The van der Waals surface area contributed by atoms with Crippen LogP contribution in [-0.4, -0.2) is 30.8 Å². The van der Waals surface area contributed by atoms with E-state index in [1.165, 1.54) is 16.3 Å². The van der Waals surface area contributed by atoms with Crippen molar-refractivity contribution in [2.45, 2.75) is 18.6 Å². The van der Waals surface area contributed by atoms with Crippen molar-refractivity contribution in [2.75, 3.05) is 11.1 Å². The molecule has 0 unspecified atom stereocenters. The van der Waals surface area contributed by atoms with Crippen molar-refractivity contribution >= 4 is 51.6 Å². The molecule has 30 heavy (non-hydrogen) atoms. The van der Waals surface area contributed by atoms with Gasteiger partial charge in [-0.05, 0) is 36.8 Å². The lowest BCUT2D eigenvalue weighted by Gasteiger charge is -2.10. The lowest BCUT2D eigenvalue weighted by Crippen LogP contribution is -2.22. The van der Waals surface area contributed by atoms with E-state index < -0.39 is 0 Å². The minimum absolute atomic E-state index is 0.126. The van der Waals surface area contributed by atoms with E-state index in [9.17, 15) is 9.59 Å². The normalized spacial score (nSPS) is 11.1. The lowest BCUT2D eigenvalue weighted by molar-refractivity contribution is -0.113. The molecule has 1 N–H and O–H groups in total. The first kappa shape index (κ1) is 20.2. The minimum atomic E-state index is -0.194. The van der Waals surface area contributed by atoms with Crippen LogP contribution < -0.4 is 10.9 Å². The summed E-state index contributed by atoms with van der Waals surface area (Å²) in [5, 5.41) is 12.9. The Bertz CT molecular complexity index is 1340. The second kappa shape index (κ2) is 8.33. The van der Waals surface area contributed by atoms with Gasteiger partial charge < -0.3 is 5.32 Å². The summed E-state index contributed by atoms with van der Waals surface area (Å²) in [6, 6.07) is 12.6. The molecular weight excluding hydrogens is 422 g/mol. The highest BCUT2D eigenvalue weighted by atomic mass is 35.5. The van der Waals surface area contributed by atoms with E-state index >= 15 is 0 Å². The fourth-order valence-electron chi connectivity index (χ4n) is 3.12. The maximum absolute atomic E-state index is 12.8. The summed E-state index contributed by atoms with van der Waals surface area (Å²) in [7, 11) is 0. The Balaban J connectivity index is 1.65. The molecule has 0 atom stereocenters. The molecule has 0 saturated heterocycles. The maximum Gasteiger partial charge on any atom is 0.263 e. The van der Waals surface area contributed by atoms with Gasteiger partial charge in [0.25, 0.3) is 5.56 Å². The molecule has 0 bridgehead atoms. The van der Waals surface area contributed by atoms with Crippen LogP contribution in [-0.2, 0) is 11.3 Å². The van der Waals surface area contributed by atoms with Crippen molar-refractivity contribution in [3.8, 4) is 0 Å². The van der Waals surface area contributed by atoms with E-state index in [2.05, 4.69) is 22.1 Å². The standard InChI is InChI=1S/C21H18ClN5O2S/c1-3-10-26-19(29)15-6-4-5-7-17(15)27-20(26)24-25-21(27)30-12-18(28)23-14-9-8-13(2)16(22)11-14/h3-9,11H,1,10,12H2,2H3,(H,23,28). The largest absolute Gasteiger partial charge is 0.325 e. The van der Waals surface area contributed by atoms with Gasteiger partial charge in [0.1, 0.15) is 0 Å². The molecule has 0 radical (unpaired) electrons. The number of nitrogens with one attached hydrogen (secondary N) is 1. The second-order valence-electron chi connectivity index (χ2n) is 6.64. The number of carbonyl (C=O) groups excluding carboxylic acids is 1. The third-order valence-corrected chi connectivity index (χ3v) is 5.91. The van der Waals surface area contributed by atoms with Crippen molar-refractivity contribution in [1.82, 2.24) is 19.2 Å².